The first-order valence-electron chi connectivity index (χ1n) is 9.94. The standard InChI is InChI=1S/C24H19N5O3/c1-32-21-10-6-5-9-17(21)22-18(14-29(28-22)16-7-3-2-4-8-16)23(30)25-15-11-12-19-20(13-15)27-24(31)26-19/h2-14H,1H3,(H,25,30)(H2,26,27,31). The quantitative estimate of drug-likeness (QED) is 0.396. The van der Waals surface area contributed by atoms with Gasteiger partial charge in [0.05, 0.1) is 29.4 Å². The van der Waals surface area contributed by atoms with Crippen molar-refractivity contribution in [1.29, 1.82) is 0 Å². The molecule has 3 N–H and O–H groups in total. The molecule has 8 nitrogen and oxygen atoms in total. The zero-order valence-electron chi connectivity index (χ0n) is 17.1. The van der Waals surface area contributed by atoms with Crippen LogP contribution in [0.3, 0.4) is 0 Å². The van der Waals surface area contributed by atoms with Gasteiger partial charge < -0.3 is 20.0 Å². The smallest absolute Gasteiger partial charge is 0.323 e. The Balaban J connectivity index is 1.58. The number of rotatable bonds is 5. The van der Waals surface area contributed by atoms with Gasteiger partial charge in [0.2, 0.25) is 0 Å². The van der Waals surface area contributed by atoms with Crippen molar-refractivity contribution < 1.29 is 9.53 Å². The van der Waals surface area contributed by atoms with Crippen LogP contribution in [0.1, 0.15) is 10.4 Å². The van der Waals surface area contributed by atoms with E-state index in [1.807, 2.05) is 54.6 Å². The predicted molar refractivity (Wildman–Crippen MR) is 122 cm³/mol. The molecule has 0 atom stereocenters. The molecule has 0 saturated heterocycles. The molecule has 5 aromatic rings. The molecule has 5 rings (SSSR count). The number of nitrogens with one attached hydrogen (secondary N) is 3. The average Bonchev–Trinajstić information content (AvgIpc) is 3.42. The molecule has 0 unspecified atom stereocenters. The third kappa shape index (κ3) is 3.54. The van der Waals surface area contributed by atoms with E-state index in [0.717, 1.165) is 5.69 Å². The normalized spacial score (nSPS) is 10.9. The highest BCUT2D eigenvalue weighted by molar-refractivity contribution is 6.09. The number of carbonyl (C=O) groups is 1. The molecule has 0 bridgehead atoms. The molecule has 0 spiro atoms. The molecule has 2 aromatic heterocycles. The van der Waals surface area contributed by atoms with Crippen LogP contribution in [0.4, 0.5) is 5.69 Å². The van der Waals surface area contributed by atoms with Crippen LogP contribution in [0, 0.1) is 0 Å². The Bertz CT molecular complexity index is 1480. The summed E-state index contributed by atoms with van der Waals surface area (Å²) in [5.41, 5.74) is 3.95. The Morgan fingerprint density at radius 2 is 1.72 bits per heavy atom. The van der Waals surface area contributed by atoms with Gasteiger partial charge in [-0.1, -0.05) is 30.3 Å². The fourth-order valence-corrected chi connectivity index (χ4v) is 3.60. The van der Waals surface area contributed by atoms with E-state index in [-0.39, 0.29) is 11.6 Å². The van der Waals surface area contributed by atoms with Crippen molar-refractivity contribution in [2.75, 3.05) is 12.4 Å². The van der Waals surface area contributed by atoms with E-state index in [9.17, 15) is 9.59 Å². The number of para-hydroxylation sites is 2. The van der Waals surface area contributed by atoms with Gasteiger partial charge in [-0.25, -0.2) is 9.48 Å². The second kappa shape index (κ2) is 7.92. The fourth-order valence-electron chi connectivity index (χ4n) is 3.60. The molecule has 8 heteroatoms. The van der Waals surface area contributed by atoms with E-state index >= 15 is 0 Å². The van der Waals surface area contributed by atoms with Crippen LogP contribution in [-0.2, 0) is 0 Å². The lowest BCUT2D eigenvalue weighted by Gasteiger charge is -2.08. The second-order valence-corrected chi connectivity index (χ2v) is 7.17. The summed E-state index contributed by atoms with van der Waals surface area (Å²) in [6.45, 7) is 0. The Kier molecular flexibility index (Phi) is 4.79. The van der Waals surface area contributed by atoms with Crippen LogP contribution >= 0.6 is 0 Å². The van der Waals surface area contributed by atoms with Crippen LogP contribution in [0.5, 0.6) is 5.75 Å². The molecular weight excluding hydrogens is 406 g/mol. The molecule has 0 fully saturated rings. The minimum Gasteiger partial charge on any atom is -0.496 e. The molecule has 2 heterocycles. The largest absolute Gasteiger partial charge is 0.496 e. The average molecular weight is 425 g/mol. The van der Waals surface area contributed by atoms with Gasteiger partial charge in [-0.3, -0.25) is 4.79 Å². The number of benzene rings is 3. The number of ether oxygens (including phenoxy) is 1. The van der Waals surface area contributed by atoms with Gasteiger partial charge in [-0.2, -0.15) is 5.10 Å². The van der Waals surface area contributed by atoms with Crippen LogP contribution in [-0.4, -0.2) is 32.8 Å². The topological polar surface area (TPSA) is 105 Å². The minimum atomic E-state index is -0.328. The number of anilines is 1. The molecule has 0 aliphatic carbocycles. The molecule has 158 valence electrons. The van der Waals surface area contributed by atoms with Gasteiger partial charge in [0, 0.05) is 17.4 Å². The summed E-state index contributed by atoms with van der Waals surface area (Å²) in [6, 6.07) is 22.2. The van der Waals surface area contributed by atoms with Crippen molar-refractivity contribution in [3.8, 4) is 22.7 Å². The van der Waals surface area contributed by atoms with Crippen LogP contribution in [0.15, 0.2) is 83.8 Å². The van der Waals surface area contributed by atoms with Gasteiger partial charge in [0.1, 0.15) is 11.4 Å². The Labute approximate surface area is 182 Å². The van der Waals surface area contributed by atoms with Crippen LogP contribution < -0.4 is 15.7 Å². The fraction of sp³-hybridized carbons (Fsp3) is 0.0417. The summed E-state index contributed by atoms with van der Waals surface area (Å²) in [7, 11) is 1.58. The van der Waals surface area contributed by atoms with Gasteiger partial charge in [-0.05, 0) is 42.5 Å². The van der Waals surface area contributed by atoms with Crippen molar-refractivity contribution in [3.63, 3.8) is 0 Å². The SMILES string of the molecule is COc1ccccc1-c1nn(-c2ccccc2)cc1C(=O)Nc1ccc2[nH]c(=O)[nH]c2c1. The van der Waals surface area contributed by atoms with Crippen molar-refractivity contribution in [2.24, 2.45) is 0 Å². The van der Waals surface area contributed by atoms with E-state index in [0.29, 0.717) is 39.3 Å². The lowest BCUT2D eigenvalue weighted by molar-refractivity contribution is 0.102. The number of fused-ring (bicyclic) bond motifs is 1. The number of amides is 1. The number of H-pyrrole nitrogens is 2. The highest BCUT2D eigenvalue weighted by Gasteiger charge is 2.21. The highest BCUT2D eigenvalue weighted by atomic mass is 16.5. The Hall–Kier alpha value is -4.59. The summed E-state index contributed by atoms with van der Waals surface area (Å²) in [5.74, 6) is 0.288. The molecule has 0 saturated carbocycles. The third-order valence-electron chi connectivity index (χ3n) is 5.12. The first-order chi connectivity index (χ1) is 15.6. The number of aromatic nitrogens is 4. The number of carbonyl (C=O) groups excluding carboxylic acids is 1. The highest BCUT2D eigenvalue weighted by Crippen LogP contribution is 2.32. The zero-order valence-corrected chi connectivity index (χ0v) is 17.1. The maximum atomic E-state index is 13.3. The summed E-state index contributed by atoms with van der Waals surface area (Å²) >= 11 is 0. The number of hydrogen-bond acceptors (Lipinski definition) is 4. The van der Waals surface area contributed by atoms with Gasteiger partial charge in [-0.15, -0.1) is 0 Å². The van der Waals surface area contributed by atoms with Crippen molar-refractivity contribution in [3.05, 3.63) is 95.0 Å². The Morgan fingerprint density at radius 1 is 0.969 bits per heavy atom. The summed E-state index contributed by atoms with van der Waals surface area (Å²) in [4.78, 5) is 30.2. The van der Waals surface area contributed by atoms with Crippen molar-refractivity contribution in [1.82, 2.24) is 19.7 Å². The molecule has 3 aromatic carbocycles. The number of nitrogens with zero attached hydrogens (tertiary/aromatic N) is 2. The second-order valence-electron chi connectivity index (χ2n) is 7.17. The summed E-state index contributed by atoms with van der Waals surface area (Å²) in [6.07, 6.45) is 1.70. The maximum Gasteiger partial charge on any atom is 0.323 e. The molecule has 32 heavy (non-hydrogen) atoms. The molecule has 1 amide bonds. The first-order valence-corrected chi connectivity index (χ1v) is 9.94. The van der Waals surface area contributed by atoms with Gasteiger partial charge in [0.25, 0.3) is 5.91 Å². The summed E-state index contributed by atoms with van der Waals surface area (Å²) < 4.78 is 7.17. The van der Waals surface area contributed by atoms with Crippen LogP contribution in [0.2, 0.25) is 0 Å². The van der Waals surface area contributed by atoms with E-state index in [4.69, 9.17) is 9.84 Å². The minimum absolute atomic E-state index is 0.300. The van der Waals surface area contributed by atoms with E-state index in [2.05, 4.69) is 15.3 Å². The molecular formula is C24H19N5O3. The zero-order chi connectivity index (χ0) is 22.1. The predicted octanol–water partition coefficient (Wildman–Crippen LogP) is 3.97. The maximum absolute atomic E-state index is 13.3. The van der Waals surface area contributed by atoms with Gasteiger partial charge >= 0.3 is 5.69 Å². The van der Waals surface area contributed by atoms with E-state index < -0.39 is 0 Å². The van der Waals surface area contributed by atoms with Crippen molar-refractivity contribution in [2.45, 2.75) is 0 Å². The first kappa shape index (κ1) is 19.4. The van der Waals surface area contributed by atoms with E-state index in [1.165, 1.54) is 0 Å². The molecule has 0 aliphatic rings. The summed E-state index contributed by atoms with van der Waals surface area (Å²) in [5, 5.41) is 7.60. The monoisotopic (exact) mass is 425 g/mol. The lowest BCUT2D eigenvalue weighted by Crippen LogP contribution is -2.12. The van der Waals surface area contributed by atoms with E-state index in [1.54, 1.807) is 36.2 Å². The van der Waals surface area contributed by atoms with Crippen LogP contribution in [0.25, 0.3) is 28.0 Å². The number of methoxy groups -OCH3 is 1. The van der Waals surface area contributed by atoms with Crippen molar-refractivity contribution >= 4 is 22.6 Å². The lowest BCUT2D eigenvalue weighted by atomic mass is 10.1. The van der Waals surface area contributed by atoms with Gasteiger partial charge in [0.15, 0.2) is 0 Å². The number of imidazole rings is 1. The Morgan fingerprint density at radius 3 is 2.53 bits per heavy atom. The third-order valence-corrected chi connectivity index (χ3v) is 5.12. The number of aromatic amines is 2. The number of hydrogen-bond donors (Lipinski definition) is 3. The molecule has 0 radical (unpaired) electrons. The molecule has 0 aliphatic heterocycles.